The number of thiophene rings is 1. The Hall–Kier alpha value is -0.710. The van der Waals surface area contributed by atoms with Gasteiger partial charge >= 0.3 is 0 Å². The molecule has 2 N–H and O–H groups in total. The van der Waals surface area contributed by atoms with Crippen LogP contribution in [-0.4, -0.2) is 0 Å². The first-order valence-electron chi connectivity index (χ1n) is 5.79. The molecule has 0 saturated heterocycles. The van der Waals surface area contributed by atoms with E-state index in [9.17, 15) is 4.39 Å². The number of rotatable bonds is 3. The van der Waals surface area contributed by atoms with Gasteiger partial charge in [0.1, 0.15) is 5.82 Å². The Morgan fingerprint density at radius 1 is 1.22 bits per heavy atom. The summed E-state index contributed by atoms with van der Waals surface area (Å²) in [6.07, 6.45) is 0. The summed E-state index contributed by atoms with van der Waals surface area (Å²) in [6, 6.07) is 8.90. The van der Waals surface area contributed by atoms with Gasteiger partial charge in [0.05, 0.1) is 0 Å². The average molecular weight is 328 g/mol. The molecule has 0 aliphatic carbocycles. The minimum Gasteiger partial charge on any atom is -0.323 e. The fourth-order valence-electron chi connectivity index (χ4n) is 1.69. The van der Waals surface area contributed by atoms with Crippen LogP contribution in [0.25, 0.3) is 10.4 Å². The lowest BCUT2D eigenvalue weighted by Gasteiger charge is -2.12. The second-order valence-electron chi connectivity index (χ2n) is 4.60. The molecule has 0 aliphatic rings. The van der Waals surface area contributed by atoms with E-state index in [-0.39, 0.29) is 11.9 Å². The molecular weight excluding hydrogens is 313 g/mol. The molecule has 1 heterocycles. The Morgan fingerprint density at radius 2 is 1.94 bits per heavy atom. The number of halogens is 2. The zero-order chi connectivity index (χ0) is 13.3. The maximum atomic E-state index is 13.1. The molecule has 1 nitrogen and oxygen atoms in total. The van der Waals surface area contributed by atoms with Gasteiger partial charge < -0.3 is 5.73 Å². The first-order valence-corrected chi connectivity index (χ1v) is 7.40. The molecule has 0 aliphatic heterocycles. The molecule has 96 valence electrons. The first kappa shape index (κ1) is 13.7. The summed E-state index contributed by atoms with van der Waals surface area (Å²) in [5.74, 6) is 0.175. The van der Waals surface area contributed by atoms with Crippen LogP contribution in [0.15, 0.2) is 34.8 Å². The Kier molecular flexibility index (Phi) is 4.20. The highest BCUT2D eigenvalue weighted by atomic mass is 79.9. The number of hydrogen-bond acceptors (Lipinski definition) is 2. The van der Waals surface area contributed by atoms with Crippen LogP contribution in [0.3, 0.4) is 0 Å². The van der Waals surface area contributed by atoms with Crippen molar-refractivity contribution in [3.05, 3.63) is 45.5 Å². The quantitative estimate of drug-likeness (QED) is 0.845. The average Bonchev–Trinajstić information content (AvgIpc) is 2.77. The van der Waals surface area contributed by atoms with Gasteiger partial charge in [0.25, 0.3) is 0 Å². The minimum absolute atomic E-state index is 0.0583. The Labute approximate surface area is 119 Å². The molecule has 0 fully saturated rings. The van der Waals surface area contributed by atoms with Crippen LogP contribution in [0, 0.1) is 11.7 Å². The monoisotopic (exact) mass is 327 g/mol. The van der Waals surface area contributed by atoms with Crippen molar-refractivity contribution in [3.63, 3.8) is 0 Å². The van der Waals surface area contributed by atoms with Crippen LogP contribution in [0.5, 0.6) is 0 Å². The van der Waals surface area contributed by atoms with Crippen LogP contribution >= 0.6 is 27.3 Å². The fraction of sp³-hybridized carbons (Fsp3) is 0.286. The SMILES string of the molecule is CC(C)C(N)c1ccc(-c2ccc(F)cc2Br)s1. The van der Waals surface area contributed by atoms with Crippen molar-refractivity contribution < 1.29 is 4.39 Å². The Bertz CT molecular complexity index is 550. The number of hydrogen-bond donors (Lipinski definition) is 1. The van der Waals surface area contributed by atoms with Crippen molar-refractivity contribution in [3.8, 4) is 10.4 Å². The summed E-state index contributed by atoms with van der Waals surface area (Å²) in [4.78, 5) is 2.27. The van der Waals surface area contributed by atoms with Crippen LogP contribution < -0.4 is 5.73 Å². The van der Waals surface area contributed by atoms with Crippen molar-refractivity contribution in [2.24, 2.45) is 11.7 Å². The highest BCUT2D eigenvalue weighted by molar-refractivity contribution is 9.10. The lowest BCUT2D eigenvalue weighted by Crippen LogP contribution is -2.14. The first-order chi connectivity index (χ1) is 8.49. The highest BCUT2D eigenvalue weighted by Gasteiger charge is 2.14. The van der Waals surface area contributed by atoms with E-state index in [1.54, 1.807) is 17.4 Å². The topological polar surface area (TPSA) is 26.0 Å². The molecule has 1 aromatic heterocycles. The van der Waals surface area contributed by atoms with Gasteiger partial charge in [0.2, 0.25) is 0 Å². The van der Waals surface area contributed by atoms with Gasteiger partial charge in [-0.2, -0.15) is 0 Å². The molecular formula is C14H15BrFNS. The predicted molar refractivity (Wildman–Crippen MR) is 79.2 cm³/mol. The van der Waals surface area contributed by atoms with Gasteiger partial charge in [-0.25, -0.2) is 4.39 Å². The minimum atomic E-state index is -0.235. The number of benzene rings is 1. The zero-order valence-electron chi connectivity index (χ0n) is 10.3. The van der Waals surface area contributed by atoms with Gasteiger partial charge in [0.15, 0.2) is 0 Å². The van der Waals surface area contributed by atoms with E-state index in [2.05, 4.69) is 35.8 Å². The van der Waals surface area contributed by atoms with E-state index in [4.69, 9.17) is 5.73 Å². The molecule has 1 unspecified atom stereocenters. The van der Waals surface area contributed by atoms with Gasteiger partial charge in [-0.3, -0.25) is 0 Å². The summed E-state index contributed by atoms with van der Waals surface area (Å²) < 4.78 is 13.8. The predicted octanol–water partition coefficient (Wildman–Crippen LogP) is 4.97. The van der Waals surface area contributed by atoms with E-state index >= 15 is 0 Å². The molecule has 1 atom stereocenters. The summed E-state index contributed by atoms with van der Waals surface area (Å²) in [5.41, 5.74) is 7.13. The third-order valence-corrected chi connectivity index (χ3v) is 4.75. The molecule has 0 saturated carbocycles. The van der Waals surface area contributed by atoms with Crippen molar-refractivity contribution in [1.82, 2.24) is 0 Å². The van der Waals surface area contributed by atoms with E-state index in [1.165, 1.54) is 12.1 Å². The molecule has 2 aromatic rings. The zero-order valence-corrected chi connectivity index (χ0v) is 12.7. The van der Waals surface area contributed by atoms with Crippen LogP contribution in [0.1, 0.15) is 24.8 Å². The smallest absolute Gasteiger partial charge is 0.124 e. The Morgan fingerprint density at radius 3 is 2.56 bits per heavy atom. The third-order valence-electron chi connectivity index (χ3n) is 2.87. The summed E-state index contributed by atoms with van der Waals surface area (Å²) >= 11 is 5.06. The van der Waals surface area contributed by atoms with Crippen molar-refractivity contribution >= 4 is 27.3 Å². The molecule has 0 spiro atoms. The number of nitrogens with two attached hydrogens (primary N) is 1. The van der Waals surface area contributed by atoms with Gasteiger partial charge in [0, 0.05) is 25.8 Å². The fourth-order valence-corrected chi connectivity index (χ4v) is 3.61. The van der Waals surface area contributed by atoms with E-state index in [1.807, 2.05) is 6.07 Å². The van der Waals surface area contributed by atoms with Crippen molar-refractivity contribution in [2.45, 2.75) is 19.9 Å². The summed E-state index contributed by atoms with van der Waals surface area (Å²) in [6.45, 7) is 4.22. The molecule has 0 radical (unpaired) electrons. The van der Waals surface area contributed by atoms with Crippen LogP contribution in [0.4, 0.5) is 4.39 Å². The van der Waals surface area contributed by atoms with E-state index in [0.29, 0.717) is 5.92 Å². The van der Waals surface area contributed by atoms with Crippen molar-refractivity contribution in [1.29, 1.82) is 0 Å². The molecule has 1 aromatic carbocycles. The largest absolute Gasteiger partial charge is 0.323 e. The maximum absolute atomic E-state index is 13.1. The second kappa shape index (κ2) is 5.51. The molecule has 4 heteroatoms. The highest BCUT2D eigenvalue weighted by Crippen LogP contribution is 2.36. The molecule has 2 rings (SSSR count). The van der Waals surface area contributed by atoms with Crippen molar-refractivity contribution in [2.75, 3.05) is 0 Å². The van der Waals surface area contributed by atoms with Gasteiger partial charge in [-0.15, -0.1) is 11.3 Å². The maximum Gasteiger partial charge on any atom is 0.124 e. The molecule has 18 heavy (non-hydrogen) atoms. The second-order valence-corrected chi connectivity index (χ2v) is 6.57. The van der Waals surface area contributed by atoms with Crippen LogP contribution in [-0.2, 0) is 0 Å². The van der Waals surface area contributed by atoms with E-state index < -0.39 is 0 Å². The normalized spacial score (nSPS) is 13.0. The standard InChI is InChI=1S/C14H15BrFNS/c1-8(2)14(17)13-6-5-12(18-13)10-4-3-9(16)7-11(10)15/h3-8,14H,17H2,1-2H3. The van der Waals surface area contributed by atoms with Crippen LogP contribution in [0.2, 0.25) is 0 Å². The molecule has 0 amide bonds. The third kappa shape index (κ3) is 2.82. The van der Waals surface area contributed by atoms with E-state index in [0.717, 1.165) is 19.8 Å². The summed E-state index contributed by atoms with van der Waals surface area (Å²) in [5, 5.41) is 0. The Balaban J connectivity index is 2.35. The summed E-state index contributed by atoms with van der Waals surface area (Å²) in [7, 11) is 0. The lowest BCUT2D eigenvalue weighted by atomic mass is 10.0. The lowest BCUT2D eigenvalue weighted by molar-refractivity contribution is 0.521. The molecule has 0 bridgehead atoms. The van der Waals surface area contributed by atoms with Gasteiger partial charge in [-0.1, -0.05) is 29.8 Å². The van der Waals surface area contributed by atoms with Gasteiger partial charge in [-0.05, 0) is 36.2 Å².